The number of halogens is 1. The highest BCUT2D eigenvalue weighted by atomic mass is 127. The van der Waals surface area contributed by atoms with Crippen molar-refractivity contribution in [2.75, 3.05) is 7.05 Å². The van der Waals surface area contributed by atoms with E-state index >= 15 is 0 Å². The molecule has 0 amide bonds. The van der Waals surface area contributed by atoms with E-state index in [1.165, 1.54) is 0 Å². The van der Waals surface area contributed by atoms with Crippen LogP contribution in [0.4, 0.5) is 0 Å². The maximum atomic E-state index is 5.15. The molecular formula is C14H22IN5OS. The topological polar surface area (TPSA) is 75.3 Å². The SMILES string of the molecule is CN=C(NCc1cc(C)no1)NCc1nc(C(C)C)cs1.I. The fourth-order valence-electron chi connectivity index (χ4n) is 1.72. The van der Waals surface area contributed by atoms with Crippen LogP contribution in [-0.4, -0.2) is 23.1 Å². The predicted molar refractivity (Wildman–Crippen MR) is 99.9 cm³/mol. The molecule has 0 saturated heterocycles. The van der Waals surface area contributed by atoms with Crippen LogP contribution in [0, 0.1) is 6.92 Å². The van der Waals surface area contributed by atoms with Crippen molar-refractivity contribution in [3.63, 3.8) is 0 Å². The molecular weight excluding hydrogens is 413 g/mol. The molecule has 2 N–H and O–H groups in total. The Morgan fingerprint density at radius 3 is 2.64 bits per heavy atom. The lowest BCUT2D eigenvalue weighted by Gasteiger charge is -2.09. The molecule has 0 radical (unpaired) electrons. The molecule has 8 heteroatoms. The van der Waals surface area contributed by atoms with E-state index < -0.39 is 0 Å². The van der Waals surface area contributed by atoms with Crippen LogP contribution in [-0.2, 0) is 13.1 Å². The maximum Gasteiger partial charge on any atom is 0.191 e. The summed E-state index contributed by atoms with van der Waals surface area (Å²) in [7, 11) is 1.74. The molecule has 2 aromatic heterocycles. The minimum absolute atomic E-state index is 0. The first kappa shape index (κ1) is 18.9. The second-order valence-electron chi connectivity index (χ2n) is 5.03. The van der Waals surface area contributed by atoms with E-state index in [9.17, 15) is 0 Å². The second-order valence-corrected chi connectivity index (χ2v) is 5.98. The molecule has 6 nitrogen and oxygen atoms in total. The standard InChI is InChI=1S/C14H21N5OS.HI/c1-9(2)12-8-21-13(18-12)7-17-14(15-4)16-6-11-5-10(3)19-20-11;/h5,8-9H,6-7H2,1-4H3,(H2,15,16,17);1H. The highest BCUT2D eigenvalue weighted by Crippen LogP contribution is 2.17. The molecule has 2 heterocycles. The average molecular weight is 435 g/mol. The quantitative estimate of drug-likeness (QED) is 0.429. The summed E-state index contributed by atoms with van der Waals surface area (Å²) in [6, 6.07) is 1.90. The van der Waals surface area contributed by atoms with Crippen molar-refractivity contribution in [1.29, 1.82) is 0 Å². The van der Waals surface area contributed by atoms with E-state index in [0.29, 0.717) is 25.0 Å². The van der Waals surface area contributed by atoms with Crippen LogP contribution in [0.25, 0.3) is 0 Å². The van der Waals surface area contributed by atoms with Crippen molar-refractivity contribution < 1.29 is 4.52 Å². The predicted octanol–water partition coefficient (Wildman–Crippen LogP) is 3.05. The normalized spacial score (nSPS) is 11.4. The molecule has 2 aromatic rings. The van der Waals surface area contributed by atoms with Gasteiger partial charge in [-0.1, -0.05) is 19.0 Å². The van der Waals surface area contributed by atoms with E-state index in [0.717, 1.165) is 22.2 Å². The maximum absolute atomic E-state index is 5.15. The van der Waals surface area contributed by atoms with Gasteiger partial charge in [0.1, 0.15) is 5.01 Å². The molecule has 0 spiro atoms. The molecule has 0 atom stereocenters. The van der Waals surface area contributed by atoms with Crippen molar-refractivity contribution in [3.8, 4) is 0 Å². The highest BCUT2D eigenvalue weighted by Gasteiger charge is 2.07. The molecule has 0 bridgehead atoms. The number of aliphatic imine (C=N–C) groups is 1. The molecule has 0 fully saturated rings. The Morgan fingerprint density at radius 1 is 1.36 bits per heavy atom. The Morgan fingerprint density at radius 2 is 2.09 bits per heavy atom. The third kappa shape index (κ3) is 5.56. The van der Waals surface area contributed by atoms with Crippen molar-refractivity contribution in [3.05, 3.63) is 33.6 Å². The Kier molecular flexibility index (Phi) is 7.80. The fraction of sp³-hybridized carbons (Fsp3) is 0.500. The molecule has 122 valence electrons. The van der Waals surface area contributed by atoms with Gasteiger partial charge in [0.2, 0.25) is 0 Å². The van der Waals surface area contributed by atoms with Crippen LogP contribution in [0.1, 0.15) is 41.9 Å². The summed E-state index contributed by atoms with van der Waals surface area (Å²) in [5.41, 5.74) is 2.01. The number of nitrogens with one attached hydrogen (secondary N) is 2. The van der Waals surface area contributed by atoms with Gasteiger partial charge in [-0.15, -0.1) is 35.3 Å². The van der Waals surface area contributed by atoms with Gasteiger partial charge in [0.15, 0.2) is 11.7 Å². The molecule has 0 unspecified atom stereocenters. The van der Waals surface area contributed by atoms with Crippen LogP contribution < -0.4 is 10.6 Å². The molecule has 2 rings (SSSR count). The van der Waals surface area contributed by atoms with E-state index in [4.69, 9.17) is 4.52 Å². The van der Waals surface area contributed by atoms with Crippen LogP contribution in [0.15, 0.2) is 21.0 Å². The van der Waals surface area contributed by atoms with Gasteiger partial charge in [-0.3, -0.25) is 4.99 Å². The number of nitrogens with zero attached hydrogens (tertiary/aromatic N) is 3. The first-order chi connectivity index (χ1) is 10.1. The molecule has 22 heavy (non-hydrogen) atoms. The summed E-state index contributed by atoms with van der Waals surface area (Å²) in [5, 5.41) is 13.4. The fourth-order valence-corrected chi connectivity index (χ4v) is 2.62. The van der Waals surface area contributed by atoms with Crippen molar-refractivity contribution in [2.45, 2.75) is 39.8 Å². The minimum Gasteiger partial charge on any atom is -0.359 e. The van der Waals surface area contributed by atoms with Crippen molar-refractivity contribution in [2.24, 2.45) is 4.99 Å². The molecule has 0 saturated carbocycles. The number of guanidine groups is 1. The first-order valence-corrected chi connectivity index (χ1v) is 7.77. The highest BCUT2D eigenvalue weighted by molar-refractivity contribution is 14.0. The summed E-state index contributed by atoms with van der Waals surface area (Å²) >= 11 is 1.66. The van der Waals surface area contributed by atoms with Crippen molar-refractivity contribution in [1.82, 2.24) is 20.8 Å². The zero-order valence-corrected chi connectivity index (χ0v) is 16.4. The summed E-state index contributed by atoms with van der Waals surface area (Å²) in [5.74, 6) is 1.96. The zero-order valence-electron chi connectivity index (χ0n) is 13.2. The summed E-state index contributed by atoms with van der Waals surface area (Å²) in [4.78, 5) is 8.76. The monoisotopic (exact) mass is 435 g/mol. The molecule has 0 aliphatic rings. The number of thiazole rings is 1. The van der Waals surface area contributed by atoms with E-state index in [1.54, 1.807) is 18.4 Å². The van der Waals surface area contributed by atoms with E-state index in [1.807, 2.05) is 13.0 Å². The largest absolute Gasteiger partial charge is 0.359 e. The number of rotatable bonds is 5. The van der Waals surface area contributed by atoms with E-state index in [-0.39, 0.29) is 24.0 Å². The average Bonchev–Trinajstić information content (AvgIpc) is 3.08. The Labute approximate surface area is 151 Å². The number of aryl methyl sites for hydroxylation is 1. The number of aromatic nitrogens is 2. The first-order valence-electron chi connectivity index (χ1n) is 6.89. The van der Waals surface area contributed by atoms with Crippen LogP contribution in [0.2, 0.25) is 0 Å². The third-order valence-electron chi connectivity index (χ3n) is 2.90. The Bertz CT molecular complexity index is 608. The number of hydrogen-bond acceptors (Lipinski definition) is 5. The zero-order chi connectivity index (χ0) is 15.2. The summed E-state index contributed by atoms with van der Waals surface area (Å²) < 4.78 is 5.15. The summed E-state index contributed by atoms with van der Waals surface area (Å²) in [6.07, 6.45) is 0. The molecule has 0 aliphatic carbocycles. The number of hydrogen-bond donors (Lipinski definition) is 2. The van der Waals surface area contributed by atoms with Gasteiger partial charge >= 0.3 is 0 Å². The van der Waals surface area contributed by atoms with Gasteiger partial charge in [-0.05, 0) is 12.8 Å². The van der Waals surface area contributed by atoms with Gasteiger partial charge < -0.3 is 15.2 Å². The molecule has 0 aliphatic heterocycles. The molecule has 0 aromatic carbocycles. The lowest BCUT2D eigenvalue weighted by atomic mass is 10.2. The lowest BCUT2D eigenvalue weighted by molar-refractivity contribution is 0.376. The lowest BCUT2D eigenvalue weighted by Crippen LogP contribution is -2.36. The second kappa shape index (κ2) is 9.09. The van der Waals surface area contributed by atoms with Crippen molar-refractivity contribution >= 4 is 41.3 Å². The van der Waals surface area contributed by atoms with Crippen LogP contribution in [0.3, 0.4) is 0 Å². The van der Waals surface area contributed by atoms with Crippen LogP contribution >= 0.6 is 35.3 Å². The van der Waals surface area contributed by atoms with Gasteiger partial charge in [0, 0.05) is 18.5 Å². The smallest absolute Gasteiger partial charge is 0.191 e. The third-order valence-corrected chi connectivity index (χ3v) is 3.77. The van der Waals surface area contributed by atoms with Crippen LogP contribution in [0.5, 0.6) is 0 Å². The van der Waals surface area contributed by atoms with Gasteiger partial charge in [-0.2, -0.15) is 0 Å². The van der Waals surface area contributed by atoms with Gasteiger partial charge in [0.05, 0.1) is 24.5 Å². The van der Waals surface area contributed by atoms with Gasteiger partial charge in [0.25, 0.3) is 0 Å². The Balaban J connectivity index is 0.00000242. The minimum atomic E-state index is 0. The van der Waals surface area contributed by atoms with E-state index in [2.05, 4.69) is 45.0 Å². The Hall–Kier alpha value is -1.16. The summed E-state index contributed by atoms with van der Waals surface area (Å²) in [6.45, 7) is 7.40. The van der Waals surface area contributed by atoms with Gasteiger partial charge in [-0.25, -0.2) is 4.98 Å².